The van der Waals surface area contributed by atoms with E-state index < -0.39 is 0 Å². The first-order valence-electron chi connectivity index (χ1n) is 4.89. The van der Waals surface area contributed by atoms with Gasteiger partial charge >= 0.3 is 0 Å². The minimum atomic E-state index is -0.234. The van der Waals surface area contributed by atoms with E-state index in [1.807, 2.05) is 11.4 Å². The first kappa shape index (κ1) is 11.0. The monoisotopic (exact) mass is 235 g/mol. The van der Waals surface area contributed by atoms with E-state index >= 15 is 0 Å². The summed E-state index contributed by atoms with van der Waals surface area (Å²) in [6.07, 6.45) is 1.79. The molecule has 0 amide bonds. The molecule has 0 aliphatic heterocycles. The molecule has 0 N–H and O–H groups in total. The molecule has 0 fully saturated rings. The van der Waals surface area contributed by atoms with Crippen LogP contribution in [-0.2, 0) is 17.6 Å². The standard InChI is InChI=1S/C12H10FNOS/c13-10-3-1-2-9(6-10)7-12-14-11(4-5-15)8-16-12/h1-3,5-6,8H,4,7H2. The number of rotatable bonds is 4. The lowest BCUT2D eigenvalue weighted by molar-refractivity contribution is -0.107. The van der Waals surface area contributed by atoms with Gasteiger partial charge in [-0.2, -0.15) is 0 Å². The lowest BCUT2D eigenvalue weighted by atomic mass is 10.1. The Kier molecular flexibility index (Phi) is 3.41. The number of carbonyl (C=O) groups is 1. The Bertz CT molecular complexity index is 495. The van der Waals surface area contributed by atoms with Crippen LogP contribution in [-0.4, -0.2) is 11.3 Å². The predicted octanol–water partition coefficient (Wildman–Crippen LogP) is 2.61. The number of hydrogen-bond donors (Lipinski definition) is 0. The molecule has 16 heavy (non-hydrogen) atoms. The van der Waals surface area contributed by atoms with E-state index in [-0.39, 0.29) is 5.82 Å². The first-order chi connectivity index (χ1) is 7.78. The molecule has 82 valence electrons. The lowest BCUT2D eigenvalue weighted by Crippen LogP contribution is -1.90. The topological polar surface area (TPSA) is 30.0 Å². The number of benzene rings is 1. The highest BCUT2D eigenvalue weighted by Crippen LogP contribution is 2.15. The smallest absolute Gasteiger partial charge is 0.125 e. The van der Waals surface area contributed by atoms with E-state index in [9.17, 15) is 9.18 Å². The van der Waals surface area contributed by atoms with Crippen molar-refractivity contribution in [2.45, 2.75) is 12.8 Å². The summed E-state index contributed by atoms with van der Waals surface area (Å²) in [5.41, 5.74) is 1.68. The van der Waals surface area contributed by atoms with Crippen LogP contribution in [0.1, 0.15) is 16.3 Å². The van der Waals surface area contributed by atoms with Crippen LogP contribution < -0.4 is 0 Å². The van der Waals surface area contributed by atoms with Crippen LogP contribution in [0, 0.1) is 5.82 Å². The number of carbonyl (C=O) groups excluding carboxylic acids is 1. The molecule has 0 saturated carbocycles. The molecule has 2 aromatic rings. The summed E-state index contributed by atoms with van der Waals surface area (Å²) in [6, 6.07) is 6.47. The van der Waals surface area contributed by atoms with Crippen LogP contribution in [0.4, 0.5) is 4.39 Å². The largest absolute Gasteiger partial charge is 0.303 e. The summed E-state index contributed by atoms with van der Waals surface area (Å²) in [4.78, 5) is 14.6. The van der Waals surface area contributed by atoms with E-state index in [1.54, 1.807) is 6.07 Å². The zero-order valence-electron chi connectivity index (χ0n) is 8.52. The average molecular weight is 235 g/mol. The summed E-state index contributed by atoms with van der Waals surface area (Å²) in [5.74, 6) is -0.234. The Hall–Kier alpha value is -1.55. The molecular formula is C12H10FNOS. The zero-order chi connectivity index (χ0) is 11.4. The SMILES string of the molecule is O=CCc1csc(Cc2cccc(F)c2)n1. The summed E-state index contributed by atoms with van der Waals surface area (Å²) in [5, 5.41) is 2.77. The van der Waals surface area contributed by atoms with Gasteiger partial charge in [0.1, 0.15) is 12.1 Å². The highest BCUT2D eigenvalue weighted by atomic mass is 32.1. The van der Waals surface area contributed by atoms with Crippen LogP contribution in [0.2, 0.25) is 0 Å². The maximum Gasteiger partial charge on any atom is 0.125 e. The summed E-state index contributed by atoms with van der Waals surface area (Å²) in [6.45, 7) is 0. The third kappa shape index (κ3) is 2.73. The third-order valence-corrected chi connectivity index (χ3v) is 3.03. The molecule has 2 nitrogen and oxygen atoms in total. The first-order valence-corrected chi connectivity index (χ1v) is 5.77. The Morgan fingerprint density at radius 2 is 2.31 bits per heavy atom. The number of thiazole rings is 1. The van der Waals surface area contributed by atoms with Gasteiger partial charge in [0.25, 0.3) is 0 Å². The van der Waals surface area contributed by atoms with E-state index in [4.69, 9.17) is 0 Å². The Morgan fingerprint density at radius 3 is 3.06 bits per heavy atom. The van der Waals surface area contributed by atoms with Gasteiger partial charge in [0.15, 0.2) is 0 Å². The van der Waals surface area contributed by atoms with E-state index in [0.29, 0.717) is 12.8 Å². The Balaban J connectivity index is 2.11. The maximum absolute atomic E-state index is 12.9. The van der Waals surface area contributed by atoms with Crippen LogP contribution in [0.3, 0.4) is 0 Å². The van der Waals surface area contributed by atoms with Gasteiger partial charge in [-0.1, -0.05) is 12.1 Å². The number of aromatic nitrogens is 1. The predicted molar refractivity (Wildman–Crippen MR) is 61.1 cm³/mol. The van der Waals surface area contributed by atoms with Crippen molar-refractivity contribution in [2.75, 3.05) is 0 Å². The van der Waals surface area contributed by atoms with E-state index in [1.165, 1.54) is 23.5 Å². The molecule has 0 atom stereocenters. The molecule has 0 radical (unpaired) electrons. The van der Waals surface area contributed by atoms with Crippen LogP contribution in [0.5, 0.6) is 0 Å². The average Bonchev–Trinajstić information content (AvgIpc) is 2.66. The number of hydrogen-bond acceptors (Lipinski definition) is 3. The van der Waals surface area contributed by atoms with Crippen LogP contribution in [0.25, 0.3) is 0 Å². The number of halogens is 1. The molecule has 0 saturated heterocycles. The van der Waals surface area contributed by atoms with Gasteiger partial charge in [-0.15, -0.1) is 11.3 Å². The lowest BCUT2D eigenvalue weighted by Gasteiger charge is -1.97. The van der Waals surface area contributed by atoms with Crippen molar-refractivity contribution in [2.24, 2.45) is 0 Å². The fourth-order valence-electron chi connectivity index (χ4n) is 1.43. The van der Waals surface area contributed by atoms with Crippen LogP contribution in [0.15, 0.2) is 29.6 Å². The minimum absolute atomic E-state index is 0.234. The van der Waals surface area contributed by atoms with Crippen molar-refractivity contribution in [3.8, 4) is 0 Å². The Labute approximate surface area is 96.8 Å². The molecular weight excluding hydrogens is 225 g/mol. The normalized spacial score (nSPS) is 10.3. The quantitative estimate of drug-likeness (QED) is 0.762. The summed E-state index contributed by atoms with van der Waals surface area (Å²) in [7, 11) is 0. The minimum Gasteiger partial charge on any atom is -0.303 e. The third-order valence-electron chi connectivity index (χ3n) is 2.14. The fourth-order valence-corrected chi connectivity index (χ4v) is 2.27. The van der Waals surface area contributed by atoms with Crippen LogP contribution >= 0.6 is 11.3 Å². The van der Waals surface area contributed by atoms with Crippen molar-refractivity contribution in [1.82, 2.24) is 4.98 Å². The molecule has 1 aromatic carbocycles. The zero-order valence-corrected chi connectivity index (χ0v) is 9.34. The molecule has 0 bridgehead atoms. The molecule has 0 aliphatic rings. The Morgan fingerprint density at radius 1 is 1.44 bits per heavy atom. The summed E-state index contributed by atoms with van der Waals surface area (Å²) < 4.78 is 12.9. The van der Waals surface area contributed by atoms with Gasteiger partial charge in [-0.3, -0.25) is 0 Å². The van der Waals surface area contributed by atoms with Crippen molar-refractivity contribution in [3.63, 3.8) is 0 Å². The molecule has 0 aliphatic carbocycles. The molecule has 0 spiro atoms. The van der Waals surface area contributed by atoms with Gasteiger partial charge in [0.05, 0.1) is 10.7 Å². The van der Waals surface area contributed by atoms with Gasteiger partial charge in [0, 0.05) is 18.2 Å². The van der Waals surface area contributed by atoms with Gasteiger partial charge < -0.3 is 4.79 Å². The number of nitrogens with zero attached hydrogens (tertiary/aromatic N) is 1. The van der Waals surface area contributed by atoms with Gasteiger partial charge in [-0.25, -0.2) is 9.37 Å². The second kappa shape index (κ2) is 4.99. The molecule has 0 unspecified atom stereocenters. The van der Waals surface area contributed by atoms with Gasteiger partial charge in [-0.05, 0) is 17.7 Å². The number of aldehydes is 1. The second-order valence-corrected chi connectivity index (χ2v) is 4.35. The van der Waals surface area contributed by atoms with Crippen molar-refractivity contribution >= 4 is 17.6 Å². The van der Waals surface area contributed by atoms with Crippen molar-refractivity contribution < 1.29 is 9.18 Å². The van der Waals surface area contributed by atoms with E-state index in [0.717, 1.165) is 22.6 Å². The molecule has 1 heterocycles. The highest BCUT2D eigenvalue weighted by molar-refractivity contribution is 7.09. The molecule has 4 heteroatoms. The van der Waals surface area contributed by atoms with Gasteiger partial charge in [0.2, 0.25) is 0 Å². The fraction of sp³-hybridized carbons (Fsp3) is 0.167. The maximum atomic E-state index is 12.9. The highest BCUT2D eigenvalue weighted by Gasteiger charge is 2.03. The van der Waals surface area contributed by atoms with E-state index in [2.05, 4.69) is 4.98 Å². The molecule has 1 aromatic heterocycles. The van der Waals surface area contributed by atoms with Crippen molar-refractivity contribution in [1.29, 1.82) is 0 Å². The molecule has 2 rings (SSSR count). The second-order valence-electron chi connectivity index (χ2n) is 3.41. The van der Waals surface area contributed by atoms with Crippen molar-refractivity contribution in [3.05, 3.63) is 51.7 Å². The summed E-state index contributed by atoms with van der Waals surface area (Å²) >= 11 is 1.50.